The van der Waals surface area contributed by atoms with E-state index >= 15 is 0 Å². The maximum Gasteiger partial charge on any atom is 0.0381 e. The van der Waals surface area contributed by atoms with Crippen LogP contribution in [0.1, 0.15) is 16.7 Å². The molecule has 3 nitrogen and oxygen atoms in total. The summed E-state index contributed by atoms with van der Waals surface area (Å²) in [7, 11) is 2.12. The molecule has 2 atom stereocenters. The first kappa shape index (κ1) is 13.6. The number of hydrogen-bond donors (Lipinski definition) is 1. The van der Waals surface area contributed by atoms with Gasteiger partial charge >= 0.3 is 0 Å². The van der Waals surface area contributed by atoms with Gasteiger partial charge in [0.25, 0.3) is 0 Å². The van der Waals surface area contributed by atoms with Gasteiger partial charge in [-0.1, -0.05) is 6.92 Å². The first-order valence-corrected chi connectivity index (χ1v) is 8.33. The largest absolute Gasteiger partial charge is 0.315 e. The molecule has 1 N–H and O–H groups in total. The van der Waals surface area contributed by atoms with Gasteiger partial charge in [-0.05, 0) is 32.0 Å². The van der Waals surface area contributed by atoms with Crippen LogP contribution >= 0.6 is 11.3 Å². The van der Waals surface area contributed by atoms with Crippen molar-refractivity contribution in [1.82, 2.24) is 15.1 Å². The minimum atomic E-state index is 0.589. The van der Waals surface area contributed by atoms with Crippen LogP contribution in [0.15, 0.2) is 12.1 Å². The summed E-state index contributed by atoms with van der Waals surface area (Å²) in [5, 5.41) is 3.57. The summed E-state index contributed by atoms with van der Waals surface area (Å²) in [6.07, 6.45) is 2.34. The quantitative estimate of drug-likeness (QED) is 0.880. The Bertz CT molecular complexity index is 409. The zero-order chi connectivity index (χ0) is 13.2. The maximum absolute atomic E-state index is 3.57. The summed E-state index contributed by atoms with van der Waals surface area (Å²) >= 11 is 1.99. The molecule has 2 bridgehead atoms. The van der Waals surface area contributed by atoms with E-state index in [2.05, 4.69) is 41.2 Å². The smallest absolute Gasteiger partial charge is 0.0381 e. The molecule has 1 aromatic rings. The van der Waals surface area contributed by atoms with Crippen LogP contribution in [0.2, 0.25) is 0 Å². The van der Waals surface area contributed by atoms with E-state index in [0.29, 0.717) is 12.1 Å². The van der Waals surface area contributed by atoms with Crippen LogP contribution in [0.3, 0.4) is 0 Å². The van der Waals surface area contributed by atoms with Crippen LogP contribution < -0.4 is 5.32 Å². The van der Waals surface area contributed by atoms with Gasteiger partial charge in [0.2, 0.25) is 0 Å². The first-order valence-electron chi connectivity index (χ1n) is 7.51. The third-order valence-corrected chi connectivity index (χ3v) is 5.90. The monoisotopic (exact) mass is 279 g/mol. The number of likely N-dealkylation sites (N-methyl/N-ethyl adjacent to an activating group) is 1. The molecule has 0 saturated carbocycles. The zero-order valence-corrected chi connectivity index (χ0v) is 12.9. The Morgan fingerprint density at radius 1 is 1.26 bits per heavy atom. The van der Waals surface area contributed by atoms with Crippen molar-refractivity contribution < 1.29 is 0 Å². The molecule has 19 heavy (non-hydrogen) atoms. The van der Waals surface area contributed by atoms with E-state index in [1.54, 1.807) is 0 Å². The molecule has 3 fully saturated rings. The van der Waals surface area contributed by atoms with E-state index in [4.69, 9.17) is 0 Å². The van der Waals surface area contributed by atoms with Crippen molar-refractivity contribution >= 4 is 11.3 Å². The lowest BCUT2D eigenvalue weighted by Gasteiger charge is -2.50. The van der Waals surface area contributed by atoms with Gasteiger partial charge in [-0.3, -0.25) is 9.80 Å². The predicted octanol–water partition coefficient (Wildman–Crippen LogP) is 1.44. The molecule has 0 aliphatic carbocycles. The molecule has 3 aliphatic heterocycles. The minimum Gasteiger partial charge on any atom is -0.315 e. The number of aryl methyl sites for hydroxylation is 1. The summed E-state index contributed by atoms with van der Waals surface area (Å²) in [6.45, 7) is 8.54. The Hall–Kier alpha value is -0.420. The topological polar surface area (TPSA) is 18.5 Å². The molecule has 0 radical (unpaired) electrons. The van der Waals surface area contributed by atoms with Crippen LogP contribution in [-0.2, 0) is 12.8 Å². The number of piperazine rings is 3. The molecular formula is C15H25N3S. The minimum absolute atomic E-state index is 0.589. The van der Waals surface area contributed by atoms with Crippen molar-refractivity contribution in [2.75, 3.05) is 39.8 Å². The Kier molecular flexibility index (Phi) is 4.22. The lowest BCUT2D eigenvalue weighted by Crippen LogP contribution is -2.66. The van der Waals surface area contributed by atoms with Crippen LogP contribution in [0.5, 0.6) is 0 Å². The lowest BCUT2D eigenvalue weighted by atomic mass is 9.97. The normalized spacial score (nSPS) is 31.6. The van der Waals surface area contributed by atoms with Gasteiger partial charge in [-0.15, -0.1) is 11.3 Å². The highest BCUT2D eigenvalue weighted by Crippen LogP contribution is 2.23. The Labute approximate surface area is 120 Å². The number of fused-ring (bicyclic) bond motifs is 3. The SMILES string of the molecule is CCc1ccc(CC(NC)C2CN3CCN2CC3)s1. The number of thiophene rings is 1. The predicted molar refractivity (Wildman–Crippen MR) is 82.0 cm³/mol. The summed E-state index contributed by atoms with van der Waals surface area (Å²) in [5.41, 5.74) is 0. The van der Waals surface area contributed by atoms with Crippen molar-refractivity contribution in [2.24, 2.45) is 0 Å². The number of nitrogens with zero attached hydrogens (tertiary/aromatic N) is 2. The van der Waals surface area contributed by atoms with E-state index in [9.17, 15) is 0 Å². The average molecular weight is 279 g/mol. The average Bonchev–Trinajstić information content (AvgIpc) is 2.93. The Morgan fingerprint density at radius 3 is 2.53 bits per heavy atom. The molecule has 0 spiro atoms. The molecule has 106 valence electrons. The van der Waals surface area contributed by atoms with Crippen molar-refractivity contribution in [3.05, 3.63) is 21.9 Å². The number of rotatable bonds is 5. The van der Waals surface area contributed by atoms with Crippen LogP contribution in [0.25, 0.3) is 0 Å². The Balaban J connectivity index is 1.67. The van der Waals surface area contributed by atoms with Gasteiger partial charge in [0, 0.05) is 54.6 Å². The summed E-state index contributed by atoms with van der Waals surface area (Å²) in [4.78, 5) is 8.36. The van der Waals surface area contributed by atoms with Gasteiger partial charge in [-0.2, -0.15) is 0 Å². The van der Waals surface area contributed by atoms with Gasteiger partial charge in [-0.25, -0.2) is 0 Å². The third kappa shape index (κ3) is 2.87. The lowest BCUT2D eigenvalue weighted by molar-refractivity contribution is -0.00191. The van der Waals surface area contributed by atoms with Crippen molar-refractivity contribution in [1.29, 1.82) is 0 Å². The fourth-order valence-corrected chi connectivity index (χ4v) is 4.42. The summed E-state index contributed by atoms with van der Waals surface area (Å²) in [5.74, 6) is 0. The standard InChI is InChI=1S/C15H25N3S/c1-3-12-4-5-13(19-12)10-14(16-2)15-11-17-6-8-18(15)9-7-17/h4-5,14-16H,3,6-11H2,1-2H3. The second-order valence-electron chi connectivity index (χ2n) is 5.72. The highest BCUT2D eigenvalue weighted by atomic mass is 32.1. The van der Waals surface area contributed by atoms with Crippen molar-refractivity contribution in [3.63, 3.8) is 0 Å². The first-order chi connectivity index (χ1) is 9.30. The third-order valence-electron chi connectivity index (χ3n) is 4.64. The molecule has 0 amide bonds. The fraction of sp³-hybridized carbons (Fsp3) is 0.733. The molecule has 2 unspecified atom stereocenters. The van der Waals surface area contributed by atoms with Crippen molar-refractivity contribution in [3.8, 4) is 0 Å². The maximum atomic E-state index is 3.57. The highest BCUT2D eigenvalue weighted by Gasteiger charge is 2.36. The molecule has 3 saturated heterocycles. The van der Waals surface area contributed by atoms with E-state index < -0.39 is 0 Å². The van der Waals surface area contributed by atoms with E-state index in [0.717, 1.165) is 6.42 Å². The second-order valence-corrected chi connectivity index (χ2v) is 6.98. The molecule has 0 aromatic carbocycles. The summed E-state index contributed by atoms with van der Waals surface area (Å²) < 4.78 is 0. The molecule has 3 aliphatic rings. The molecule has 4 rings (SSSR count). The molecular weight excluding hydrogens is 254 g/mol. The van der Waals surface area contributed by atoms with Gasteiger partial charge in [0.05, 0.1) is 0 Å². The summed E-state index contributed by atoms with van der Waals surface area (Å²) in [6, 6.07) is 5.90. The zero-order valence-electron chi connectivity index (χ0n) is 12.1. The van der Waals surface area contributed by atoms with E-state index in [1.165, 1.54) is 48.9 Å². The van der Waals surface area contributed by atoms with Crippen LogP contribution in [0.4, 0.5) is 0 Å². The van der Waals surface area contributed by atoms with E-state index in [1.807, 2.05) is 11.3 Å². The van der Waals surface area contributed by atoms with Gasteiger partial charge in [0.15, 0.2) is 0 Å². The molecule has 4 heterocycles. The molecule has 1 aromatic heterocycles. The van der Waals surface area contributed by atoms with Gasteiger partial charge in [0.1, 0.15) is 0 Å². The van der Waals surface area contributed by atoms with Crippen LogP contribution in [0, 0.1) is 0 Å². The van der Waals surface area contributed by atoms with E-state index in [-0.39, 0.29) is 0 Å². The number of hydrogen-bond acceptors (Lipinski definition) is 4. The highest BCUT2D eigenvalue weighted by molar-refractivity contribution is 7.11. The fourth-order valence-electron chi connectivity index (χ4n) is 3.41. The molecule has 4 heteroatoms. The second kappa shape index (κ2) is 5.92. The Morgan fingerprint density at radius 2 is 2.00 bits per heavy atom. The number of nitrogens with one attached hydrogen (secondary N) is 1. The van der Waals surface area contributed by atoms with Gasteiger partial charge < -0.3 is 5.32 Å². The van der Waals surface area contributed by atoms with Crippen molar-refractivity contribution in [2.45, 2.75) is 31.8 Å². The van der Waals surface area contributed by atoms with Crippen LogP contribution in [-0.4, -0.2) is 61.7 Å².